The van der Waals surface area contributed by atoms with Gasteiger partial charge in [-0.1, -0.05) is 44.9 Å². The van der Waals surface area contributed by atoms with E-state index in [1.165, 1.54) is 23.3 Å². The summed E-state index contributed by atoms with van der Waals surface area (Å²) in [6.45, 7) is 5.24. The van der Waals surface area contributed by atoms with Crippen LogP contribution in [0.15, 0.2) is 59.6 Å². The fourth-order valence-electron chi connectivity index (χ4n) is 4.20. The number of ether oxygens (including phenoxy) is 3. The van der Waals surface area contributed by atoms with Crippen LogP contribution in [-0.2, 0) is 9.59 Å². The monoisotopic (exact) mass is 536 g/mol. The maximum atomic E-state index is 13.4. The molecule has 200 valence electrons. The summed E-state index contributed by atoms with van der Waals surface area (Å²) in [6, 6.07) is 11.2. The average Bonchev–Trinajstić information content (AvgIpc) is 3.55. The molecular weight excluding hydrogens is 504 g/mol. The highest BCUT2D eigenvalue weighted by Gasteiger charge is 2.48. The lowest BCUT2D eigenvalue weighted by atomic mass is 9.95. The third-order valence-corrected chi connectivity index (χ3v) is 6.97. The van der Waals surface area contributed by atoms with E-state index >= 15 is 0 Å². The summed E-state index contributed by atoms with van der Waals surface area (Å²) in [5.41, 5.74) is 0.932. The lowest BCUT2D eigenvalue weighted by Gasteiger charge is -2.24. The van der Waals surface area contributed by atoms with Crippen molar-refractivity contribution in [1.82, 2.24) is 4.98 Å². The van der Waals surface area contributed by atoms with E-state index < -0.39 is 17.7 Å². The zero-order valence-corrected chi connectivity index (χ0v) is 22.6. The van der Waals surface area contributed by atoms with Gasteiger partial charge >= 0.3 is 5.91 Å². The second-order valence-electron chi connectivity index (χ2n) is 8.83. The molecule has 3 aromatic rings. The van der Waals surface area contributed by atoms with E-state index in [9.17, 15) is 14.7 Å². The van der Waals surface area contributed by atoms with Crippen molar-refractivity contribution in [3.63, 3.8) is 0 Å². The minimum Gasteiger partial charge on any atom is -0.507 e. The Bertz CT molecular complexity index is 1300. The summed E-state index contributed by atoms with van der Waals surface area (Å²) in [5.74, 6) is -0.229. The Hall–Kier alpha value is -3.85. The van der Waals surface area contributed by atoms with E-state index in [2.05, 4.69) is 18.8 Å². The summed E-state index contributed by atoms with van der Waals surface area (Å²) in [6.07, 6.45) is 5.35. The maximum absolute atomic E-state index is 13.4. The van der Waals surface area contributed by atoms with Gasteiger partial charge in [-0.25, -0.2) is 4.98 Å². The summed E-state index contributed by atoms with van der Waals surface area (Å²) >= 11 is 1.24. The van der Waals surface area contributed by atoms with Crippen LogP contribution in [0.3, 0.4) is 0 Å². The van der Waals surface area contributed by atoms with Crippen molar-refractivity contribution in [2.75, 3.05) is 25.2 Å². The molecule has 2 aromatic carbocycles. The Labute approximate surface area is 226 Å². The molecule has 1 N–H and O–H groups in total. The topological polar surface area (TPSA) is 98.2 Å². The number of amides is 1. The summed E-state index contributed by atoms with van der Waals surface area (Å²) in [5, 5.41) is 13.5. The number of methoxy groups -OCH3 is 1. The summed E-state index contributed by atoms with van der Waals surface area (Å²) < 4.78 is 17.2. The Morgan fingerprint density at radius 2 is 1.79 bits per heavy atom. The largest absolute Gasteiger partial charge is 0.507 e. The Kier molecular flexibility index (Phi) is 9.02. The van der Waals surface area contributed by atoms with Crippen molar-refractivity contribution in [1.29, 1.82) is 0 Å². The molecule has 1 atom stereocenters. The van der Waals surface area contributed by atoms with Gasteiger partial charge in [0, 0.05) is 17.1 Å². The predicted octanol–water partition coefficient (Wildman–Crippen LogP) is 6.14. The molecule has 0 aliphatic carbocycles. The van der Waals surface area contributed by atoms with Crippen LogP contribution in [0.1, 0.15) is 56.7 Å². The molecule has 8 nitrogen and oxygen atoms in total. The molecule has 1 unspecified atom stereocenters. The first-order valence-electron chi connectivity index (χ1n) is 12.7. The maximum Gasteiger partial charge on any atom is 0.301 e. The van der Waals surface area contributed by atoms with E-state index in [1.807, 2.05) is 0 Å². The average molecular weight is 537 g/mol. The van der Waals surface area contributed by atoms with Gasteiger partial charge < -0.3 is 19.3 Å². The number of carbonyl (C=O) groups excluding carboxylic acids is 2. The number of ketones is 1. The molecule has 1 fully saturated rings. The van der Waals surface area contributed by atoms with Crippen molar-refractivity contribution < 1.29 is 28.9 Å². The standard InChI is InChI=1S/C29H32N2O6S/c1-4-6-14-36-21-10-8-9-20(17-21)26(32)24-25(31(28(34)27(24)33)29-30-13-16-38-29)19-11-12-22(23(18-19)35-3)37-15-7-5-2/h8-13,16-18,25,32H,4-7,14-15H2,1-3H3. The third kappa shape index (κ3) is 5.67. The SMILES string of the molecule is CCCCOc1cccc(C(O)=C2C(=O)C(=O)N(c3nccs3)C2c2ccc(OCCCC)c(OC)c2)c1. The Morgan fingerprint density at radius 3 is 2.47 bits per heavy atom. The molecule has 1 aliphatic rings. The highest BCUT2D eigenvalue weighted by Crippen LogP contribution is 2.44. The molecule has 0 bridgehead atoms. The normalized spacial score (nSPS) is 16.6. The second kappa shape index (κ2) is 12.6. The number of hydrogen-bond acceptors (Lipinski definition) is 8. The van der Waals surface area contributed by atoms with Gasteiger partial charge in [0.05, 0.1) is 31.9 Å². The molecule has 1 amide bonds. The fraction of sp³-hybridized carbons (Fsp3) is 0.345. The van der Waals surface area contributed by atoms with Crippen LogP contribution in [0.5, 0.6) is 17.2 Å². The lowest BCUT2D eigenvalue weighted by Crippen LogP contribution is -2.29. The number of carbonyl (C=O) groups is 2. The van der Waals surface area contributed by atoms with Gasteiger partial charge in [0.1, 0.15) is 11.5 Å². The smallest absolute Gasteiger partial charge is 0.301 e. The van der Waals surface area contributed by atoms with E-state index in [4.69, 9.17) is 14.2 Å². The van der Waals surface area contributed by atoms with Gasteiger partial charge in [-0.05, 0) is 42.7 Å². The highest BCUT2D eigenvalue weighted by molar-refractivity contribution is 7.14. The zero-order valence-electron chi connectivity index (χ0n) is 21.8. The zero-order chi connectivity index (χ0) is 27.1. The number of rotatable bonds is 12. The van der Waals surface area contributed by atoms with Gasteiger partial charge in [0.25, 0.3) is 5.78 Å². The van der Waals surface area contributed by atoms with Crippen LogP contribution in [-0.4, -0.2) is 42.1 Å². The van der Waals surface area contributed by atoms with Crippen LogP contribution in [0, 0.1) is 0 Å². The molecule has 1 saturated heterocycles. The number of aromatic nitrogens is 1. The Morgan fingerprint density at radius 1 is 1.03 bits per heavy atom. The van der Waals surface area contributed by atoms with E-state index in [-0.39, 0.29) is 11.3 Å². The molecule has 0 radical (unpaired) electrons. The van der Waals surface area contributed by atoms with Crippen molar-refractivity contribution >= 4 is 33.9 Å². The number of Topliss-reactive ketones (excluding diaryl/α,β-unsaturated/α-hetero) is 1. The van der Waals surface area contributed by atoms with Gasteiger partial charge in [0.2, 0.25) is 0 Å². The molecule has 0 spiro atoms. The quantitative estimate of drug-likeness (QED) is 0.129. The first-order chi connectivity index (χ1) is 18.5. The molecule has 1 aliphatic heterocycles. The minimum absolute atomic E-state index is 0.0300. The number of thiazole rings is 1. The number of unbranched alkanes of at least 4 members (excludes halogenated alkanes) is 2. The van der Waals surface area contributed by atoms with Gasteiger partial charge in [0.15, 0.2) is 16.6 Å². The van der Waals surface area contributed by atoms with Crippen molar-refractivity contribution in [2.24, 2.45) is 0 Å². The minimum atomic E-state index is -0.913. The second-order valence-corrected chi connectivity index (χ2v) is 9.70. The molecule has 38 heavy (non-hydrogen) atoms. The molecule has 2 heterocycles. The van der Waals surface area contributed by atoms with Crippen LogP contribution in [0.25, 0.3) is 5.76 Å². The highest BCUT2D eigenvalue weighted by atomic mass is 32.1. The molecule has 0 saturated carbocycles. The van der Waals surface area contributed by atoms with Gasteiger partial charge in [-0.3, -0.25) is 14.5 Å². The van der Waals surface area contributed by atoms with Crippen molar-refractivity contribution in [3.05, 3.63) is 70.7 Å². The molecular formula is C29H32N2O6S. The molecule has 4 rings (SSSR count). The van der Waals surface area contributed by atoms with Crippen LogP contribution in [0.2, 0.25) is 0 Å². The van der Waals surface area contributed by atoms with E-state index in [1.54, 1.807) is 54.0 Å². The van der Waals surface area contributed by atoms with Gasteiger partial charge in [-0.2, -0.15) is 0 Å². The molecule has 9 heteroatoms. The number of benzene rings is 2. The number of hydrogen-bond donors (Lipinski definition) is 1. The number of aliphatic hydroxyl groups excluding tert-OH is 1. The van der Waals surface area contributed by atoms with Crippen LogP contribution < -0.4 is 19.1 Å². The van der Waals surface area contributed by atoms with Crippen LogP contribution >= 0.6 is 11.3 Å². The number of anilines is 1. The van der Waals surface area contributed by atoms with Crippen molar-refractivity contribution in [3.8, 4) is 17.2 Å². The van der Waals surface area contributed by atoms with Crippen molar-refractivity contribution in [2.45, 2.75) is 45.6 Å². The summed E-state index contributed by atoms with van der Waals surface area (Å²) in [7, 11) is 1.54. The predicted molar refractivity (Wildman–Crippen MR) is 147 cm³/mol. The van der Waals surface area contributed by atoms with E-state index in [0.29, 0.717) is 46.7 Å². The van der Waals surface area contributed by atoms with Gasteiger partial charge in [-0.15, -0.1) is 11.3 Å². The number of aliphatic hydroxyl groups is 1. The first kappa shape index (κ1) is 27.2. The summed E-state index contributed by atoms with van der Waals surface area (Å²) in [4.78, 5) is 32.3. The van der Waals surface area contributed by atoms with Crippen LogP contribution in [0.4, 0.5) is 5.13 Å². The lowest BCUT2D eigenvalue weighted by molar-refractivity contribution is -0.132. The Balaban J connectivity index is 1.81. The third-order valence-electron chi connectivity index (χ3n) is 6.20. The first-order valence-corrected chi connectivity index (χ1v) is 13.6. The number of nitrogens with zero attached hydrogens (tertiary/aromatic N) is 2. The van der Waals surface area contributed by atoms with E-state index in [0.717, 1.165) is 25.7 Å². The fourth-order valence-corrected chi connectivity index (χ4v) is 4.87. The molecule has 1 aromatic heterocycles.